The monoisotopic (exact) mass is 238 g/mol. The molecule has 0 bridgehead atoms. The van der Waals surface area contributed by atoms with Crippen molar-refractivity contribution in [2.75, 3.05) is 0 Å². The number of hydrogen-bond donors (Lipinski definition) is 2. The first-order chi connectivity index (χ1) is 7.31. The maximum atomic E-state index is 8.56. The summed E-state index contributed by atoms with van der Waals surface area (Å²) in [5.41, 5.74) is 0. The van der Waals surface area contributed by atoms with Gasteiger partial charge in [0.1, 0.15) is 0 Å². The number of hydrogen-bond acceptors (Lipinski definition) is 5. The van der Waals surface area contributed by atoms with Crippen LogP contribution in [0.4, 0.5) is 4.79 Å². The highest BCUT2D eigenvalue weighted by atomic mass is 16.9. The summed E-state index contributed by atoms with van der Waals surface area (Å²) in [6, 6.07) is 0. The van der Waals surface area contributed by atoms with Crippen LogP contribution in [0.2, 0.25) is 0 Å². The van der Waals surface area contributed by atoms with Gasteiger partial charge in [-0.2, -0.15) is 0 Å². The van der Waals surface area contributed by atoms with Gasteiger partial charge < -0.3 is 29.2 Å². The smallest absolute Gasteiger partial charge is 0.450 e. The highest BCUT2D eigenvalue weighted by molar-refractivity contribution is 5.53. The van der Waals surface area contributed by atoms with E-state index in [1.54, 1.807) is 0 Å². The third-order valence-electron chi connectivity index (χ3n) is 1.53. The Kier molecular flexibility index (Phi) is 6.98. The number of rotatable bonds is 0. The van der Waals surface area contributed by atoms with Gasteiger partial charge in [-0.05, 0) is 27.7 Å². The van der Waals surface area contributed by atoms with E-state index in [1.165, 1.54) is 0 Å². The first kappa shape index (κ1) is 15.1. The maximum Gasteiger partial charge on any atom is 0.503 e. The third kappa shape index (κ3) is 8.42. The summed E-state index contributed by atoms with van der Waals surface area (Å²) in [7, 11) is 0. The molecule has 0 atom stereocenters. The van der Waals surface area contributed by atoms with Crippen LogP contribution in [-0.4, -0.2) is 41.5 Å². The standard InChI is InChI=1S/C8H16O4.CH2O3/c1-5-9-6(2)11-8(4)12-7(3)10-5;2-1(3)4/h5-8H,1-4H3;(H2,2,3,4). The van der Waals surface area contributed by atoms with Gasteiger partial charge in [0.05, 0.1) is 0 Å². The highest BCUT2D eigenvalue weighted by Crippen LogP contribution is 2.13. The first-order valence-electron chi connectivity index (χ1n) is 4.85. The molecule has 0 aromatic rings. The Hall–Kier alpha value is -0.890. The van der Waals surface area contributed by atoms with Crippen LogP contribution in [-0.2, 0) is 18.9 Å². The van der Waals surface area contributed by atoms with Gasteiger partial charge >= 0.3 is 6.16 Å². The van der Waals surface area contributed by atoms with Crippen molar-refractivity contribution in [3.05, 3.63) is 0 Å². The second-order valence-electron chi connectivity index (χ2n) is 3.10. The average molecular weight is 238 g/mol. The van der Waals surface area contributed by atoms with Crippen LogP contribution in [0.5, 0.6) is 0 Å². The minimum atomic E-state index is -1.83. The zero-order valence-corrected chi connectivity index (χ0v) is 9.75. The Labute approximate surface area is 93.9 Å². The molecule has 0 aliphatic carbocycles. The Morgan fingerprint density at radius 3 is 1.00 bits per heavy atom. The van der Waals surface area contributed by atoms with Crippen LogP contribution in [0, 0.1) is 0 Å². The molecular weight excluding hydrogens is 220 g/mol. The van der Waals surface area contributed by atoms with E-state index < -0.39 is 6.16 Å². The van der Waals surface area contributed by atoms with Gasteiger partial charge in [0, 0.05) is 0 Å². The van der Waals surface area contributed by atoms with Crippen molar-refractivity contribution in [1.29, 1.82) is 0 Å². The van der Waals surface area contributed by atoms with Crippen molar-refractivity contribution in [3.63, 3.8) is 0 Å². The van der Waals surface area contributed by atoms with E-state index in [0.717, 1.165) is 0 Å². The molecule has 1 saturated heterocycles. The number of carboxylic acid groups (broad SMARTS) is 2. The van der Waals surface area contributed by atoms with E-state index >= 15 is 0 Å². The summed E-state index contributed by atoms with van der Waals surface area (Å²) >= 11 is 0. The fourth-order valence-electron chi connectivity index (χ4n) is 1.21. The molecule has 96 valence electrons. The van der Waals surface area contributed by atoms with Crippen molar-refractivity contribution in [3.8, 4) is 0 Å². The van der Waals surface area contributed by atoms with E-state index in [9.17, 15) is 0 Å². The van der Waals surface area contributed by atoms with Crippen molar-refractivity contribution in [2.24, 2.45) is 0 Å². The van der Waals surface area contributed by atoms with Crippen LogP contribution in [0.25, 0.3) is 0 Å². The van der Waals surface area contributed by atoms with Crippen LogP contribution >= 0.6 is 0 Å². The molecule has 1 fully saturated rings. The first-order valence-corrected chi connectivity index (χ1v) is 4.85. The summed E-state index contributed by atoms with van der Waals surface area (Å²) in [6.07, 6.45) is -2.99. The van der Waals surface area contributed by atoms with Crippen LogP contribution in [0.3, 0.4) is 0 Å². The topological polar surface area (TPSA) is 94.5 Å². The van der Waals surface area contributed by atoms with E-state index in [1.807, 2.05) is 27.7 Å². The molecule has 16 heavy (non-hydrogen) atoms. The van der Waals surface area contributed by atoms with E-state index in [-0.39, 0.29) is 25.2 Å². The van der Waals surface area contributed by atoms with Crippen molar-refractivity contribution in [2.45, 2.75) is 52.9 Å². The molecule has 0 amide bonds. The fraction of sp³-hybridized carbons (Fsp3) is 0.889. The van der Waals surface area contributed by atoms with E-state index in [0.29, 0.717) is 0 Å². The lowest BCUT2D eigenvalue weighted by Crippen LogP contribution is -2.35. The van der Waals surface area contributed by atoms with Crippen LogP contribution < -0.4 is 0 Å². The lowest BCUT2D eigenvalue weighted by Gasteiger charge is -2.30. The SMILES string of the molecule is CC1OC(C)OC(C)OC(C)O1.O=C(O)O. The Morgan fingerprint density at radius 2 is 0.875 bits per heavy atom. The molecule has 1 aliphatic rings. The molecule has 7 nitrogen and oxygen atoms in total. The molecule has 0 saturated carbocycles. The lowest BCUT2D eigenvalue weighted by atomic mass is 10.6. The predicted molar refractivity (Wildman–Crippen MR) is 52.8 cm³/mol. The van der Waals surface area contributed by atoms with Crippen molar-refractivity contribution >= 4 is 6.16 Å². The predicted octanol–water partition coefficient (Wildman–Crippen LogP) is 1.67. The second-order valence-corrected chi connectivity index (χ2v) is 3.10. The van der Waals surface area contributed by atoms with Crippen molar-refractivity contribution in [1.82, 2.24) is 0 Å². The van der Waals surface area contributed by atoms with Gasteiger partial charge in [0.15, 0.2) is 25.2 Å². The average Bonchev–Trinajstić information content (AvgIpc) is 1.97. The van der Waals surface area contributed by atoms with Gasteiger partial charge in [0.2, 0.25) is 0 Å². The van der Waals surface area contributed by atoms with Gasteiger partial charge in [-0.3, -0.25) is 0 Å². The largest absolute Gasteiger partial charge is 0.503 e. The summed E-state index contributed by atoms with van der Waals surface area (Å²) in [6.45, 7) is 7.26. The Balaban J connectivity index is 0.000000487. The maximum absolute atomic E-state index is 8.56. The molecule has 1 rings (SSSR count). The summed E-state index contributed by atoms with van der Waals surface area (Å²) in [5, 5.41) is 13.9. The van der Waals surface area contributed by atoms with E-state index in [4.69, 9.17) is 34.0 Å². The molecule has 1 aliphatic heterocycles. The molecule has 0 unspecified atom stereocenters. The molecule has 0 radical (unpaired) electrons. The molecule has 0 aromatic carbocycles. The minimum absolute atomic E-state index is 0.289. The Bertz CT molecular complexity index is 164. The minimum Gasteiger partial charge on any atom is -0.450 e. The van der Waals surface area contributed by atoms with E-state index in [2.05, 4.69) is 0 Å². The van der Waals surface area contributed by atoms with Gasteiger partial charge in [-0.15, -0.1) is 0 Å². The summed E-state index contributed by atoms with van der Waals surface area (Å²) in [4.78, 5) is 8.56. The summed E-state index contributed by atoms with van der Waals surface area (Å²) < 4.78 is 21.2. The zero-order chi connectivity index (χ0) is 12.7. The molecule has 7 heteroatoms. The third-order valence-corrected chi connectivity index (χ3v) is 1.53. The fourth-order valence-corrected chi connectivity index (χ4v) is 1.21. The summed E-state index contributed by atoms with van der Waals surface area (Å²) in [5.74, 6) is 0. The quantitative estimate of drug-likeness (QED) is 0.662. The van der Waals surface area contributed by atoms with Crippen LogP contribution in [0.15, 0.2) is 0 Å². The lowest BCUT2D eigenvalue weighted by molar-refractivity contribution is -0.367. The Morgan fingerprint density at radius 1 is 0.750 bits per heavy atom. The second kappa shape index (κ2) is 7.39. The van der Waals surface area contributed by atoms with Crippen LogP contribution in [0.1, 0.15) is 27.7 Å². The normalized spacial score (nSPS) is 35.2. The number of ether oxygens (including phenoxy) is 4. The van der Waals surface area contributed by atoms with Gasteiger partial charge in [-0.25, -0.2) is 4.79 Å². The molecule has 1 heterocycles. The molecular formula is C9H18O7. The zero-order valence-electron chi connectivity index (χ0n) is 9.75. The van der Waals surface area contributed by atoms with Gasteiger partial charge in [-0.1, -0.05) is 0 Å². The number of carbonyl (C=O) groups is 1. The van der Waals surface area contributed by atoms with Gasteiger partial charge in [0.25, 0.3) is 0 Å². The molecule has 0 spiro atoms. The molecule has 2 N–H and O–H groups in total. The van der Waals surface area contributed by atoms with Crippen molar-refractivity contribution < 1.29 is 34.0 Å². The highest BCUT2D eigenvalue weighted by Gasteiger charge is 2.21. The molecule has 0 aromatic heterocycles.